The molecule has 0 amide bonds. The molecule has 6 rings (SSSR count). The normalized spacial score (nSPS) is 11.0. The summed E-state index contributed by atoms with van der Waals surface area (Å²) in [4.78, 5) is 34.5. The van der Waals surface area contributed by atoms with Gasteiger partial charge in [0.1, 0.15) is 0 Å². The smallest absolute Gasteiger partial charge is 0.168 e. The first-order valence-electron chi connectivity index (χ1n) is 15.2. The fraction of sp³-hybridized carbons (Fsp3) is 0.0476. The Morgan fingerprint density at radius 3 is 0.851 bits per heavy atom. The second kappa shape index (κ2) is 18.5. The first kappa shape index (κ1) is 34.4. The van der Waals surface area contributed by atoms with Crippen LogP contribution in [0.2, 0.25) is 0 Å². The molecule has 0 aliphatic heterocycles. The van der Waals surface area contributed by atoms with Crippen molar-refractivity contribution in [2.45, 2.75) is 12.8 Å². The van der Waals surface area contributed by atoms with Crippen LogP contribution in [0, 0.1) is 0 Å². The molecular weight excluding hydrogens is 628 g/mol. The van der Waals surface area contributed by atoms with Crippen molar-refractivity contribution in [3.63, 3.8) is 0 Å². The molecule has 6 aromatic rings. The molecule has 0 bridgehead atoms. The van der Waals surface area contributed by atoms with Gasteiger partial charge in [-0.3, -0.25) is 19.6 Å². The average Bonchev–Trinajstić information content (AvgIpc) is 3.13. The van der Waals surface area contributed by atoms with Crippen molar-refractivity contribution in [2.75, 3.05) is 0 Å². The van der Waals surface area contributed by atoms with Gasteiger partial charge in [0.05, 0.1) is 35.6 Å². The van der Waals surface area contributed by atoms with Gasteiger partial charge in [0.2, 0.25) is 0 Å². The zero-order chi connectivity index (χ0) is 31.8. The van der Waals surface area contributed by atoms with Crippen LogP contribution in [-0.2, 0) is 17.1 Å². The van der Waals surface area contributed by atoms with Crippen molar-refractivity contribution in [1.29, 1.82) is 0 Å². The predicted molar refractivity (Wildman–Crippen MR) is 189 cm³/mol. The van der Waals surface area contributed by atoms with Gasteiger partial charge < -0.3 is 0 Å². The Balaban J connectivity index is 0.000000208. The van der Waals surface area contributed by atoms with Crippen LogP contribution in [0.3, 0.4) is 0 Å². The maximum absolute atomic E-state index is 12.5. The molecule has 0 fully saturated rings. The average molecular weight is 662 g/mol. The van der Waals surface area contributed by atoms with E-state index in [1.807, 2.05) is 182 Å². The molecule has 5 heteroatoms. The summed E-state index contributed by atoms with van der Waals surface area (Å²) in [5.74, 6) is 0.147. The van der Waals surface area contributed by atoms with Crippen LogP contribution < -0.4 is 0 Å². The summed E-state index contributed by atoms with van der Waals surface area (Å²) in [6.45, 7) is 0. The number of aliphatic imine (C=N–C) groups is 2. The molecule has 0 spiro atoms. The quantitative estimate of drug-likeness (QED) is 0.0833. The summed E-state index contributed by atoms with van der Waals surface area (Å²) >= 11 is 0. The van der Waals surface area contributed by atoms with Gasteiger partial charge in [0, 0.05) is 28.2 Å². The molecule has 0 aliphatic carbocycles. The third-order valence-corrected chi connectivity index (χ3v) is 7.10. The third kappa shape index (κ3) is 10.8. The number of hydrogen-bond donors (Lipinski definition) is 0. The van der Waals surface area contributed by atoms with E-state index in [4.69, 9.17) is 9.98 Å². The number of para-hydroxylation sites is 2. The summed E-state index contributed by atoms with van der Waals surface area (Å²) < 4.78 is 0. The van der Waals surface area contributed by atoms with E-state index in [2.05, 4.69) is 0 Å². The molecule has 4 nitrogen and oxygen atoms in total. The van der Waals surface area contributed by atoms with E-state index in [0.717, 1.165) is 33.9 Å². The Morgan fingerprint density at radius 2 is 0.574 bits per heavy atom. The number of carbonyl (C=O) groups is 2. The molecule has 0 aliphatic rings. The van der Waals surface area contributed by atoms with E-state index >= 15 is 0 Å². The van der Waals surface area contributed by atoms with Gasteiger partial charge in [-0.1, -0.05) is 158 Å². The fourth-order valence-electron chi connectivity index (χ4n) is 4.75. The van der Waals surface area contributed by atoms with Crippen molar-refractivity contribution in [1.82, 2.24) is 0 Å². The molecule has 0 aromatic heterocycles. The topological polar surface area (TPSA) is 58.9 Å². The van der Waals surface area contributed by atoms with E-state index in [1.54, 1.807) is 0 Å². The molecular formula is C42H34CuN2O2. The van der Waals surface area contributed by atoms with E-state index in [1.165, 1.54) is 0 Å². The molecule has 0 heterocycles. The van der Waals surface area contributed by atoms with Crippen LogP contribution in [0.5, 0.6) is 0 Å². The van der Waals surface area contributed by atoms with Crippen LogP contribution in [-0.4, -0.2) is 23.0 Å². The van der Waals surface area contributed by atoms with E-state index < -0.39 is 0 Å². The van der Waals surface area contributed by atoms with Crippen LogP contribution in [0.1, 0.15) is 44.7 Å². The Bertz CT molecular complexity index is 1740. The minimum Gasteiger partial charge on any atom is -0.294 e. The maximum atomic E-state index is 12.5. The number of rotatable bonds is 10. The van der Waals surface area contributed by atoms with Gasteiger partial charge >= 0.3 is 0 Å². The van der Waals surface area contributed by atoms with Gasteiger partial charge in [-0.2, -0.15) is 0 Å². The molecule has 47 heavy (non-hydrogen) atoms. The van der Waals surface area contributed by atoms with Crippen molar-refractivity contribution in [3.8, 4) is 0 Å². The predicted octanol–water partition coefficient (Wildman–Crippen LogP) is 10.2. The maximum Gasteiger partial charge on any atom is 0.168 e. The third-order valence-electron chi connectivity index (χ3n) is 7.10. The molecule has 1 radical (unpaired) electrons. The number of carbonyl (C=O) groups excluding carboxylic acids is 2. The standard InChI is InChI=1S/2C21H17NO.Cu/c2*23-21(18-12-6-2-7-13-18)16-20(17-10-4-1-5-11-17)22-19-14-8-3-9-15-19;/h2*1-15H,16H2;. The molecule has 0 atom stereocenters. The summed E-state index contributed by atoms with van der Waals surface area (Å²) in [5.41, 5.74) is 6.64. The van der Waals surface area contributed by atoms with Crippen LogP contribution in [0.25, 0.3) is 0 Å². The number of hydrogen-bond acceptors (Lipinski definition) is 4. The zero-order valence-corrected chi connectivity index (χ0v) is 26.7. The molecule has 0 saturated heterocycles. The van der Waals surface area contributed by atoms with Crippen molar-refractivity contribution in [2.24, 2.45) is 9.98 Å². The van der Waals surface area contributed by atoms with Gasteiger partial charge in [0.15, 0.2) is 11.6 Å². The fourth-order valence-corrected chi connectivity index (χ4v) is 4.75. The number of ketones is 2. The van der Waals surface area contributed by atoms with E-state index in [9.17, 15) is 9.59 Å². The molecule has 0 N–H and O–H groups in total. The van der Waals surface area contributed by atoms with E-state index in [-0.39, 0.29) is 41.5 Å². The monoisotopic (exact) mass is 661 g/mol. The van der Waals surface area contributed by atoms with Gasteiger partial charge in [-0.15, -0.1) is 0 Å². The van der Waals surface area contributed by atoms with Crippen LogP contribution in [0.4, 0.5) is 11.4 Å². The first-order valence-corrected chi connectivity index (χ1v) is 15.2. The minimum absolute atomic E-state index is 0. The Labute approximate surface area is 287 Å². The first-order chi connectivity index (χ1) is 22.7. The van der Waals surface area contributed by atoms with Gasteiger partial charge in [-0.05, 0) is 35.4 Å². The summed E-state index contributed by atoms with van der Waals surface area (Å²) in [7, 11) is 0. The van der Waals surface area contributed by atoms with Gasteiger partial charge in [0.25, 0.3) is 0 Å². The molecule has 0 unspecified atom stereocenters. The second-order valence-corrected chi connectivity index (χ2v) is 10.5. The van der Waals surface area contributed by atoms with Crippen molar-refractivity contribution in [3.05, 3.63) is 204 Å². The van der Waals surface area contributed by atoms with Crippen LogP contribution >= 0.6 is 0 Å². The second-order valence-electron chi connectivity index (χ2n) is 10.5. The number of benzene rings is 6. The molecule has 235 valence electrons. The number of nitrogens with zero attached hydrogens (tertiary/aromatic N) is 2. The van der Waals surface area contributed by atoms with Crippen LogP contribution in [0.15, 0.2) is 192 Å². The zero-order valence-electron chi connectivity index (χ0n) is 25.7. The Morgan fingerprint density at radius 1 is 0.340 bits per heavy atom. The Hall–Kier alpha value is -5.48. The largest absolute Gasteiger partial charge is 0.294 e. The van der Waals surface area contributed by atoms with E-state index in [0.29, 0.717) is 11.1 Å². The number of Topliss-reactive ketones (excluding diaryl/α,β-unsaturated/α-hetero) is 2. The molecule has 6 aromatic carbocycles. The molecule has 0 saturated carbocycles. The Kier molecular flexibility index (Phi) is 13.5. The minimum atomic E-state index is 0. The SMILES string of the molecule is O=C(CC(=Nc1ccccc1)c1ccccc1)c1ccccc1.O=C(CC(=Nc1ccccc1)c1ccccc1)c1ccccc1.[Cu]. The van der Waals surface area contributed by atoms with Crippen molar-refractivity contribution >= 4 is 34.4 Å². The summed E-state index contributed by atoms with van der Waals surface area (Å²) in [5, 5.41) is 0. The summed E-state index contributed by atoms with van der Waals surface area (Å²) in [6, 6.07) is 57.9. The summed E-state index contributed by atoms with van der Waals surface area (Å²) in [6.07, 6.45) is 0.561. The van der Waals surface area contributed by atoms with Crippen molar-refractivity contribution < 1.29 is 26.7 Å². The van der Waals surface area contributed by atoms with Gasteiger partial charge in [-0.25, -0.2) is 0 Å².